The van der Waals surface area contributed by atoms with Gasteiger partial charge in [-0.05, 0) is 24.3 Å². The maximum atomic E-state index is 12.5. The first-order valence-corrected chi connectivity index (χ1v) is 7.71. The second kappa shape index (κ2) is 6.51. The minimum absolute atomic E-state index is 0.00137. The van der Waals surface area contributed by atoms with Crippen LogP contribution < -0.4 is 4.74 Å². The molecule has 0 bridgehead atoms. The van der Waals surface area contributed by atoms with Crippen molar-refractivity contribution in [3.05, 3.63) is 54.4 Å². The molecule has 3 aromatic heterocycles. The van der Waals surface area contributed by atoms with E-state index in [0.29, 0.717) is 17.0 Å². The highest BCUT2D eigenvalue weighted by Crippen LogP contribution is 2.25. The molecule has 0 radical (unpaired) electrons. The van der Waals surface area contributed by atoms with Crippen LogP contribution in [0.3, 0.4) is 0 Å². The van der Waals surface area contributed by atoms with E-state index >= 15 is 0 Å². The van der Waals surface area contributed by atoms with Crippen molar-refractivity contribution in [3.8, 4) is 17.2 Å². The van der Waals surface area contributed by atoms with Gasteiger partial charge in [0.25, 0.3) is 5.89 Å². The molecule has 132 valence electrons. The molecule has 4 aromatic rings. The Balaban J connectivity index is 1.48. The highest BCUT2D eigenvalue weighted by Gasteiger charge is 2.17. The Hall–Kier alpha value is -3.36. The summed E-state index contributed by atoms with van der Waals surface area (Å²) < 4.78 is 37.6. The lowest BCUT2D eigenvalue weighted by atomic mass is 10.2. The van der Waals surface area contributed by atoms with E-state index < -0.39 is 12.3 Å². The van der Waals surface area contributed by atoms with Crippen LogP contribution in [0.5, 0.6) is 5.75 Å². The molecule has 0 amide bonds. The summed E-state index contributed by atoms with van der Waals surface area (Å²) in [6, 6.07) is 9.07. The smallest absolute Gasteiger partial charge is 0.314 e. The number of benzene rings is 1. The van der Waals surface area contributed by atoms with Crippen molar-refractivity contribution in [2.75, 3.05) is 0 Å². The fourth-order valence-corrected chi connectivity index (χ4v) is 2.48. The molecule has 0 spiro atoms. The summed E-state index contributed by atoms with van der Waals surface area (Å²) >= 11 is 0. The highest BCUT2D eigenvalue weighted by molar-refractivity contribution is 5.81. The maximum absolute atomic E-state index is 12.5. The Morgan fingerprint density at radius 3 is 2.77 bits per heavy atom. The van der Waals surface area contributed by atoms with Gasteiger partial charge in [-0.15, -0.1) is 10.2 Å². The summed E-state index contributed by atoms with van der Waals surface area (Å²) in [7, 11) is 1.91. The molecular weight excluding hydrogens is 344 g/mol. The van der Waals surface area contributed by atoms with Crippen molar-refractivity contribution in [2.45, 2.75) is 13.0 Å². The Kier molecular flexibility index (Phi) is 4.04. The van der Waals surface area contributed by atoms with Gasteiger partial charge in [-0.3, -0.25) is 4.98 Å². The van der Waals surface area contributed by atoms with Crippen LogP contribution in [-0.2, 0) is 13.7 Å². The Morgan fingerprint density at radius 1 is 1.15 bits per heavy atom. The second-order valence-electron chi connectivity index (χ2n) is 5.55. The molecule has 4 rings (SSSR count). The topological polar surface area (TPSA) is 78.9 Å². The zero-order valence-electron chi connectivity index (χ0n) is 13.6. The van der Waals surface area contributed by atoms with Crippen molar-refractivity contribution in [1.29, 1.82) is 0 Å². The van der Waals surface area contributed by atoms with Crippen LogP contribution in [0.4, 0.5) is 8.78 Å². The molecule has 9 heteroatoms. The number of pyridine rings is 1. The number of ether oxygens (including phenoxy) is 1. The molecule has 0 saturated heterocycles. The zero-order chi connectivity index (χ0) is 18.1. The number of imidazole rings is 1. The van der Waals surface area contributed by atoms with Crippen LogP contribution in [0.2, 0.25) is 0 Å². The van der Waals surface area contributed by atoms with Crippen LogP contribution in [0, 0.1) is 0 Å². The standard InChI is InChI=1S/C17H13F2N5O2/c1-24-9-21-14-12(24)3-2-4-13(14)25-8-11-6-5-10(7-20-11)16-22-23-17(26-16)15(18)19/h2-7,9,15H,8H2,1H3. The molecule has 26 heavy (non-hydrogen) atoms. The third-order valence-electron chi connectivity index (χ3n) is 3.79. The Labute approximate surface area is 146 Å². The SMILES string of the molecule is Cn1cnc2c(OCc3ccc(-c4nnc(C(F)F)o4)cn3)cccc21. The molecular formula is C17H13F2N5O2. The third kappa shape index (κ3) is 2.99. The molecule has 0 aliphatic carbocycles. The largest absolute Gasteiger partial charge is 0.485 e. The van der Waals surface area contributed by atoms with Crippen LogP contribution in [0.15, 0.2) is 47.3 Å². The van der Waals surface area contributed by atoms with Crippen molar-refractivity contribution < 1.29 is 17.9 Å². The molecule has 0 N–H and O–H groups in total. The lowest BCUT2D eigenvalue weighted by Crippen LogP contribution is -1.99. The quantitative estimate of drug-likeness (QED) is 0.544. The average Bonchev–Trinajstić information content (AvgIpc) is 3.29. The van der Waals surface area contributed by atoms with Gasteiger partial charge >= 0.3 is 6.43 Å². The molecule has 0 atom stereocenters. The summed E-state index contributed by atoms with van der Waals surface area (Å²) in [6.07, 6.45) is 0.400. The molecule has 3 heterocycles. The van der Waals surface area contributed by atoms with Gasteiger partial charge in [0.15, 0.2) is 0 Å². The molecule has 0 aliphatic rings. The third-order valence-corrected chi connectivity index (χ3v) is 3.79. The lowest BCUT2D eigenvalue weighted by Gasteiger charge is -2.07. The van der Waals surface area contributed by atoms with Crippen molar-refractivity contribution in [3.63, 3.8) is 0 Å². The van der Waals surface area contributed by atoms with Crippen LogP contribution in [-0.4, -0.2) is 24.7 Å². The summed E-state index contributed by atoms with van der Waals surface area (Å²) in [5.41, 5.74) is 2.87. The number of rotatable bonds is 5. The minimum Gasteiger partial charge on any atom is -0.485 e. The number of hydrogen-bond acceptors (Lipinski definition) is 6. The molecule has 0 fully saturated rings. The van der Waals surface area contributed by atoms with Crippen molar-refractivity contribution in [1.82, 2.24) is 24.7 Å². The maximum Gasteiger partial charge on any atom is 0.314 e. The summed E-state index contributed by atoms with van der Waals surface area (Å²) in [5, 5.41) is 6.88. The minimum atomic E-state index is -2.80. The first-order chi connectivity index (χ1) is 12.6. The highest BCUT2D eigenvalue weighted by atomic mass is 19.3. The Morgan fingerprint density at radius 2 is 2.04 bits per heavy atom. The number of aromatic nitrogens is 5. The lowest BCUT2D eigenvalue weighted by molar-refractivity contribution is 0.116. The van der Waals surface area contributed by atoms with E-state index in [-0.39, 0.29) is 12.5 Å². The van der Waals surface area contributed by atoms with Crippen molar-refractivity contribution >= 4 is 11.0 Å². The predicted octanol–water partition coefficient (Wildman–Crippen LogP) is 3.53. The second-order valence-corrected chi connectivity index (χ2v) is 5.55. The normalized spacial score (nSPS) is 11.4. The predicted molar refractivity (Wildman–Crippen MR) is 87.5 cm³/mol. The zero-order valence-corrected chi connectivity index (χ0v) is 13.6. The van der Waals surface area contributed by atoms with Crippen LogP contribution in [0.1, 0.15) is 18.0 Å². The molecule has 7 nitrogen and oxygen atoms in total. The van der Waals surface area contributed by atoms with E-state index in [1.807, 2.05) is 29.8 Å². The monoisotopic (exact) mass is 357 g/mol. The van der Waals surface area contributed by atoms with E-state index in [9.17, 15) is 8.78 Å². The number of para-hydroxylation sites is 1. The number of halogens is 2. The molecule has 0 saturated carbocycles. The summed E-state index contributed by atoms with van der Waals surface area (Å²) in [4.78, 5) is 8.57. The number of fused-ring (bicyclic) bond motifs is 1. The Bertz CT molecular complexity index is 1040. The van der Waals surface area contributed by atoms with Gasteiger partial charge in [0.1, 0.15) is 17.9 Å². The number of aryl methyl sites for hydroxylation is 1. The summed E-state index contributed by atoms with van der Waals surface area (Å²) in [5.74, 6) is -0.0539. The molecule has 0 unspecified atom stereocenters. The van der Waals surface area contributed by atoms with E-state index in [1.54, 1.807) is 18.5 Å². The van der Waals surface area contributed by atoms with Gasteiger partial charge in [-0.25, -0.2) is 4.98 Å². The first-order valence-electron chi connectivity index (χ1n) is 7.71. The molecule has 0 aliphatic heterocycles. The number of hydrogen-bond donors (Lipinski definition) is 0. The molecule has 1 aromatic carbocycles. The van der Waals surface area contributed by atoms with E-state index in [2.05, 4.69) is 20.2 Å². The van der Waals surface area contributed by atoms with Crippen molar-refractivity contribution in [2.24, 2.45) is 7.05 Å². The van der Waals surface area contributed by atoms with E-state index in [4.69, 9.17) is 9.15 Å². The van der Waals surface area contributed by atoms with Gasteiger partial charge in [-0.2, -0.15) is 8.78 Å². The van der Waals surface area contributed by atoms with Crippen LogP contribution in [0.25, 0.3) is 22.5 Å². The fraction of sp³-hybridized carbons (Fsp3) is 0.176. The van der Waals surface area contributed by atoms with Gasteiger partial charge < -0.3 is 13.7 Å². The van der Waals surface area contributed by atoms with E-state index in [0.717, 1.165) is 11.0 Å². The fourth-order valence-electron chi connectivity index (χ4n) is 2.48. The summed E-state index contributed by atoms with van der Waals surface area (Å²) in [6.45, 7) is 0.238. The van der Waals surface area contributed by atoms with Gasteiger partial charge in [0.2, 0.25) is 5.89 Å². The van der Waals surface area contributed by atoms with E-state index in [1.165, 1.54) is 6.20 Å². The van der Waals surface area contributed by atoms with Gasteiger partial charge in [-0.1, -0.05) is 6.07 Å². The van der Waals surface area contributed by atoms with Crippen LogP contribution >= 0.6 is 0 Å². The van der Waals surface area contributed by atoms with Gasteiger partial charge in [0.05, 0.1) is 23.1 Å². The van der Waals surface area contributed by atoms with Gasteiger partial charge in [0, 0.05) is 13.2 Å². The first kappa shape index (κ1) is 16.1. The number of nitrogens with zero attached hydrogens (tertiary/aromatic N) is 5. The number of alkyl halides is 2. The average molecular weight is 357 g/mol.